The van der Waals surface area contributed by atoms with E-state index < -0.39 is 5.92 Å². The number of allylic oxidation sites excluding steroid dienone is 1. The summed E-state index contributed by atoms with van der Waals surface area (Å²) in [6.45, 7) is 2.70. The Hall–Kier alpha value is -3.14. The van der Waals surface area contributed by atoms with E-state index in [1.54, 1.807) is 12.1 Å². The van der Waals surface area contributed by atoms with Gasteiger partial charge in [0.05, 0.1) is 33.8 Å². The largest absolute Gasteiger partial charge is 0.494 e. The number of hydrogen-bond acceptors (Lipinski definition) is 5. The van der Waals surface area contributed by atoms with Gasteiger partial charge >= 0.3 is 0 Å². The lowest BCUT2D eigenvalue weighted by Gasteiger charge is -2.25. The predicted molar refractivity (Wildman–Crippen MR) is 116 cm³/mol. The summed E-state index contributed by atoms with van der Waals surface area (Å²) in [7, 11) is 0. The minimum absolute atomic E-state index is 0.00703. The summed E-state index contributed by atoms with van der Waals surface area (Å²) in [5, 5.41) is 17.8. The molecule has 0 radical (unpaired) electrons. The maximum absolute atomic E-state index is 9.81. The number of aromatic nitrogens is 2. The fourth-order valence-corrected chi connectivity index (χ4v) is 3.87. The molecule has 0 saturated heterocycles. The third-order valence-electron chi connectivity index (χ3n) is 4.85. The van der Waals surface area contributed by atoms with Gasteiger partial charge in [0, 0.05) is 5.56 Å². The van der Waals surface area contributed by atoms with Crippen molar-refractivity contribution < 1.29 is 9.47 Å². The number of halogens is 2. The van der Waals surface area contributed by atoms with E-state index in [0.717, 1.165) is 17.7 Å². The van der Waals surface area contributed by atoms with Gasteiger partial charge in [-0.1, -0.05) is 42.3 Å². The van der Waals surface area contributed by atoms with Crippen LogP contribution in [0.2, 0.25) is 10.0 Å². The molecule has 8 heteroatoms. The molecule has 0 amide bonds. The summed E-state index contributed by atoms with van der Waals surface area (Å²) >= 11 is 12.8. The van der Waals surface area contributed by atoms with E-state index in [2.05, 4.69) is 23.2 Å². The average Bonchev–Trinajstić information content (AvgIpc) is 3.17. The van der Waals surface area contributed by atoms with Gasteiger partial charge in [-0.2, -0.15) is 5.26 Å². The van der Waals surface area contributed by atoms with Gasteiger partial charge in [-0.25, -0.2) is 0 Å². The molecule has 0 fully saturated rings. The summed E-state index contributed by atoms with van der Waals surface area (Å²) in [6.07, 6.45) is 0.930. The smallest absolute Gasteiger partial charge is 0.244 e. The number of fused-ring (bicyclic) bond motifs is 1. The number of hydrogen-bond donors (Lipinski definition) is 2. The highest BCUT2D eigenvalue weighted by Gasteiger charge is 2.36. The van der Waals surface area contributed by atoms with Crippen LogP contribution in [-0.2, 0) is 0 Å². The summed E-state index contributed by atoms with van der Waals surface area (Å²) < 4.78 is 11.3. The maximum atomic E-state index is 9.81. The number of nitrogens with zero attached hydrogens (tertiary/aromatic N) is 2. The maximum Gasteiger partial charge on any atom is 0.244 e. The topological polar surface area (TPSA) is 97.0 Å². The zero-order chi connectivity index (χ0) is 21.3. The molecule has 2 aromatic carbocycles. The van der Waals surface area contributed by atoms with Gasteiger partial charge in [-0.3, -0.25) is 5.10 Å². The van der Waals surface area contributed by atoms with Gasteiger partial charge in [-0.15, -0.1) is 5.10 Å². The van der Waals surface area contributed by atoms with E-state index in [1.165, 1.54) is 0 Å². The van der Waals surface area contributed by atoms with Crippen LogP contribution in [0.15, 0.2) is 53.9 Å². The average molecular weight is 441 g/mol. The fourth-order valence-electron chi connectivity index (χ4n) is 3.46. The van der Waals surface area contributed by atoms with Crippen molar-refractivity contribution in [2.24, 2.45) is 5.73 Å². The quantitative estimate of drug-likeness (QED) is 0.553. The number of benzene rings is 2. The Morgan fingerprint density at radius 3 is 2.70 bits per heavy atom. The number of H-pyrrole nitrogens is 1. The Morgan fingerprint density at radius 2 is 2.00 bits per heavy atom. The number of nitrogens with two attached hydrogens (primary N) is 1. The lowest BCUT2D eigenvalue weighted by atomic mass is 9.83. The van der Waals surface area contributed by atoms with Crippen molar-refractivity contribution in [3.8, 4) is 29.0 Å². The first-order chi connectivity index (χ1) is 14.5. The first-order valence-corrected chi connectivity index (χ1v) is 10.1. The Labute approximate surface area is 183 Å². The Morgan fingerprint density at radius 1 is 1.23 bits per heavy atom. The third-order valence-corrected chi connectivity index (χ3v) is 5.68. The van der Waals surface area contributed by atoms with Gasteiger partial charge in [0.25, 0.3) is 0 Å². The second-order valence-electron chi connectivity index (χ2n) is 6.76. The van der Waals surface area contributed by atoms with Gasteiger partial charge in [0.2, 0.25) is 11.8 Å². The minimum Gasteiger partial charge on any atom is -0.494 e. The molecular weight excluding hydrogens is 423 g/mol. The molecule has 3 aromatic rings. The fraction of sp³-hybridized carbons (Fsp3) is 0.182. The van der Waals surface area contributed by atoms with Crippen LogP contribution in [0.1, 0.15) is 30.4 Å². The van der Waals surface area contributed by atoms with Crippen molar-refractivity contribution in [3.05, 3.63) is 75.1 Å². The zero-order valence-corrected chi connectivity index (χ0v) is 17.6. The van der Waals surface area contributed by atoms with Crippen LogP contribution < -0.4 is 15.2 Å². The van der Waals surface area contributed by atoms with Crippen LogP contribution in [0.3, 0.4) is 0 Å². The van der Waals surface area contributed by atoms with Crippen molar-refractivity contribution >= 4 is 23.2 Å². The standard InChI is InChI=1S/C22H18Cl2N4O2/c1-2-10-29-13-8-6-12(7-9-13)20-18-17(14-4-3-5-16(23)19(14)24)15(11-25)21(26)30-22(18)28-27-20/h3-9,17H,2,10,26H2,1H3,(H,27,28). The molecule has 0 spiro atoms. The second kappa shape index (κ2) is 8.31. The van der Waals surface area contributed by atoms with E-state index in [9.17, 15) is 5.26 Å². The molecule has 1 atom stereocenters. The highest BCUT2D eigenvalue weighted by atomic mass is 35.5. The Balaban J connectivity index is 1.85. The third kappa shape index (κ3) is 3.47. The van der Waals surface area contributed by atoms with Crippen LogP contribution in [-0.4, -0.2) is 16.8 Å². The summed E-state index contributed by atoms with van der Waals surface area (Å²) in [4.78, 5) is 0. The normalized spacial score (nSPS) is 15.3. The molecule has 30 heavy (non-hydrogen) atoms. The van der Waals surface area contributed by atoms with Gasteiger partial charge in [-0.05, 0) is 42.3 Å². The number of nitriles is 1. The van der Waals surface area contributed by atoms with Gasteiger partial charge in [0.15, 0.2) is 0 Å². The highest BCUT2D eigenvalue weighted by Crippen LogP contribution is 2.48. The lowest BCUT2D eigenvalue weighted by Crippen LogP contribution is -2.21. The molecule has 3 N–H and O–H groups in total. The molecule has 6 nitrogen and oxygen atoms in total. The van der Waals surface area contributed by atoms with E-state index in [0.29, 0.717) is 39.4 Å². The number of rotatable bonds is 5. The van der Waals surface area contributed by atoms with E-state index in [4.69, 9.17) is 38.4 Å². The van der Waals surface area contributed by atoms with Gasteiger partial charge in [0.1, 0.15) is 17.4 Å². The minimum atomic E-state index is -0.574. The van der Waals surface area contributed by atoms with E-state index in [1.807, 2.05) is 30.3 Å². The van der Waals surface area contributed by atoms with Crippen molar-refractivity contribution in [1.29, 1.82) is 5.26 Å². The highest BCUT2D eigenvalue weighted by molar-refractivity contribution is 6.42. The molecule has 0 saturated carbocycles. The number of aromatic amines is 1. The number of nitrogens with one attached hydrogen (secondary N) is 1. The molecule has 0 bridgehead atoms. The summed E-state index contributed by atoms with van der Waals surface area (Å²) in [6, 6.07) is 15.1. The Bertz CT molecular complexity index is 1160. The second-order valence-corrected chi connectivity index (χ2v) is 7.54. The van der Waals surface area contributed by atoms with Gasteiger partial charge < -0.3 is 15.2 Å². The van der Waals surface area contributed by atoms with Crippen molar-refractivity contribution in [1.82, 2.24) is 10.2 Å². The van der Waals surface area contributed by atoms with Crippen molar-refractivity contribution in [3.63, 3.8) is 0 Å². The first kappa shape index (κ1) is 20.1. The first-order valence-electron chi connectivity index (χ1n) is 9.38. The molecule has 2 heterocycles. The lowest BCUT2D eigenvalue weighted by molar-refractivity contribution is 0.317. The molecule has 1 aromatic heterocycles. The SMILES string of the molecule is CCCOc1ccc(-c2[nH]nc3c2C(c2cccc(Cl)c2Cl)C(C#N)=C(N)O3)cc1. The predicted octanol–water partition coefficient (Wildman–Crippen LogP) is 5.39. The van der Waals surface area contributed by atoms with Crippen LogP contribution in [0, 0.1) is 11.3 Å². The van der Waals surface area contributed by atoms with Crippen molar-refractivity contribution in [2.45, 2.75) is 19.3 Å². The monoisotopic (exact) mass is 440 g/mol. The van der Waals surface area contributed by atoms with E-state index >= 15 is 0 Å². The van der Waals surface area contributed by atoms with Crippen LogP contribution in [0.4, 0.5) is 0 Å². The molecule has 1 aliphatic rings. The molecule has 4 rings (SSSR count). The zero-order valence-electron chi connectivity index (χ0n) is 16.1. The van der Waals surface area contributed by atoms with Crippen LogP contribution in [0.25, 0.3) is 11.3 Å². The number of ether oxygens (including phenoxy) is 2. The molecule has 0 aliphatic carbocycles. The molecule has 1 aliphatic heterocycles. The van der Waals surface area contributed by atoms with Crippen LogP contribution in [0.5, 0.6) is 11.6 Å². The molecular formula is C22H18Cl2N4O2. The van der Waals surface area contributed by atoms with Crippen molar-refractivity contribution in [2.75, 3.05) is 6.61 Å². The summed E-state index contributed by atoms with van der Waals surface area (Å²) in [5.41, 5.74) is 9.16. The summed E-state index contributed by atoms with van der Waals surface area (Å²) in [5.74, 6) is 0.498. The van der Waals surface area contributed by atoms with E-state index in [-0.39, 0.29) is 11.5 Å². The molecule has 152 valence electrons. The molecule has 1 unspecified atom stereocenters. The van der Waals surface area contributed by atoms with Crippen LogP contribution >= 0.6 is 23.2 Å². The Kier molecular flexibility index (Phi) is 5.58.